The zero-order chi connectivity index (χ0) is 15.0. The predicted molar refractivity (Wildman–Crippen MR) is 89.8 cm³/mol. The van der Waals surface area contributed by atoms with E-state index in [0.29, 0.717) is 17.5 Å². The Labute approximate surface area is 133 Å². The van der Waals surface area contributed by atoms with Crippen molar-refractivity contribution in [3.8, 4) is 0 Å². The van der Waals surface area contributed by atoms with Crippen LogP contribution < -0.4 is 5.32 Å². The molecule has 1 unspecified atom stereocenters. The number of hydrogen-bond acceptors (Lipinski definition) is 4. The summed E-state index contributed by atoms with van der Waals surface area (Å²) < 4.78 is 0. The molecule has 118 valence electrons. The molecule has 0 aromatic carbocycles. The van der Waals surface area contributed by atoms with Gasteiger partial charge in [0.25, 0.3) is 0 Å². The summed E-state index contributed by atoms with van der Waals surface area (Å²) in [5, 5.41) is 5.20. The second-order valence-corrected chi connectivity index (χ2v) is 8.62. The fourth-order valence-corrected chi connectivity index (χ4v) is 4.97. The highest BCUT2D eigenvalue weighted by molar-refractivity contribution is 7.11. The van der Waals surface area contributed by atoms with E-state index in [9.17, 15) is 0 Å². The Bertz CT molecular complexity index is 469. The zero-order valence-electron chi connectivity index (χ0n) is 13.9. The first-order valence-electron chi connectivity index (χ1n) is 8.41. The molecule has 2 fully saturated rings. The molecule has 1 aromatic heterocycles. The zero-order valence-corrected chi connectivity index (χ0v) is 14.7. The lowest BCUT2D eigenvalue weighted by Gasteiger charge is -2.47. The van der Waals surface area contributed by atoms with Crippen LogP contribution in [0.4, 0.5) is 0 Å². The summed E-state index contributed by atoms with van der Waals surface area (Å²) in [5.74, 6) is 0.693. The minimum atomic E-state index is 0.396. The van der Waals surface area contributed by atoms with Crippen LogP contribution in [0.25, 0.3) is 0 Å². The average Bonchev–Trinajstić information content (AvgIpc) is 2.98. The standard InChI is InChI=1S/C17H29N3S/c1-12(2)15-9-18-17(7-5-6-8-17)11-20(15)10-16-19-13(3)14(4)21-16/h12,15,18H,5-11H2,1-4H3. The molecule has 0 radical (unpaired) electrons. The molecule has 3 rings (SSSR count). The van der Waals surface area contributed by atoms with Crippen molar-refractivity contribution in [3.63, 3.8) is 0 Å². The maximum Gasteiger partial charge on any atom is 0.107 e. The molecule has 1 aliphatic carbocycles. The molecule has 21 heavy (non-hydrogen) atoms. The van der Waals surface area contributed by atoms with Crippen molar-refractivity contribution >= 4 is 11.3 Å². The number of hydrogen-bond donors (Lipinski definition) is 1. The fraction of sp³-hybridized carbons (Fsp3) is 0.824. The van der Waals surface area contributed by atoms with E-state index in [1.807, 2.05) is 11.3 Å². The minimum Gasteiger partial charge on any atom is -0.308 e. The molecule has 1 saturated heterocycles. The van der Waals surface area contributed by atoms with Gasteiger partial charge in [-0.1, -0.05) is 26.7 Å². The molecular formula is C17H29N3S. The van der Waals surface area contributed by atoms with Crippen molar-refractivity contribution in [2.75, 3.05) is 13.1 Å². The van der Waals surface area contributed by atoms with Gasteiger partial charge in [-0.3, -0.25) is 4.90 Å². The third-order valence-electron chi connectivity index (χ3n) is 5.40. The number of nitrogens with zero attached hydrogens (tertiary/aromatic N) is 2. The molecule has 2 heterocycles. The van der Waals surface area contributed by atoms with E-state index in [-0.39, 0.29) is 0 Å². The van der Waals surface area contributed by atoms with E-state index < -0.39 is 0 Å². The Balaban J connectivity index is 1.76. The van der Waals surface area contributed by atoms with Gasteiger partial charge >= 0.3 is 0 Å². The van der Waals surface area contributed by atoms with Gasteiger partial charge in [0.05, 0.1) is 12.2 Å². The highest BCUT2D eigenvalue weighted by Crippen LogP contribution is 2.35. The van der Waals surface area contributed by atoms with Gasteiger partial charge in [0.2, 0.25) is 0 Å². The Hall–Kier alpha value is -0.450. The first-order chi connectivity index (χ1) is 9.99. The third-order valence-corrected chi connectivity index (χ3v) is 6.46. The van der Waals surface area contributed by atoms with Crippen molar-refractivity contribution < 1.29 is 0 Å². The van der Waals surface area contributed by atoms with Crippen LogP contribution in [0.3, 0.4) is 0 Å². The lowest BCUT2D eigenvalue weighted by molar-refractivity contribution is 0.0506. The molecule has 3 nitrogen and oxygen atoms in total. The van der Waals surface area contributed by atoms with Crippen molar-refractivity contribution in [2.45, 2.75) is 71.5 Å². The molecule has 2 aliphatic rings. The van der Waals surface area contributed by atoms with Crippen LogP contribution in [-0.2, 0) is 6.54 Å². The Kier molecular flexibility index (Phi) is 4.40. The van der Waals surface area contributed by atoms with Crippen LogP contribution in [0.2, 0.25) is 0 Å². The first kappa shape index (κ1) is 15.4. The molecule has 1 saturated carbocycles. The molecule has 1 N–H and O–H groups in total. The summed E-state index contributed by atoms with van der Waals surface area (Å²) in [7, 11) is 0. The quantitative estimate of drug-likeness (QED) is 0.926. The number of thiazole rings is 1. The summed E-state index contributed by atoms with van der Waals surface area (Å²) in [6.07, 6.45) is 5.49. The smallest absolute Gasteiger partial charge is 0.107 e. The molecule has 1 atom stereocenters. The maximum atomic E-state index is 4.77. The largest absolute Gasteiger partial charge is 0.308 e. The van der Waals surface area contributed by atoms with Crippen LogP contribution in [0.1, 0.15) is 55.1 Å². The van der Waals surface area contributed by atoms with Crippen LogP contribution >= 0.6 is 11.3 Å². The molecule has 0 bridgehead atoms. The highest BCUT2D eigenvalue weighted by atomic mass is 32.1. The Morgan fingerprint density at radius 3 is 2.62 bits per heavy atom. The van der Waals surface area contributed by atoms with E-state index in [1.165, 1.54) is 47.8 Å². The Morgan fingerprint density at radius 1 is 1.33 bits per heavy atom. The Morgan fingerprint density at radius 2 is 2.05 bits per heavy atom. The third kappa shape index (κ3) is 3.17. The van der Waals surface area contributed by atoms with E-state index in [0.717, 1.165) is 13.1 Å². The van der Waals surface area contributed by atoms with Gasteiger partial charge in [0, 0.05) is 29.5 Å². The molecule has 1 aliphatic heterocycles. The lowest BCUT2D eigenvalue weighted by atomic mass is 9.89. The minimum absolute atomic E-state index is 0.396. The van der Waals surface area contributed by atoms with E-state index >= 15 is 0 Å². The van der Waals surface area contributed by atoms with Gasteiger partial charge < -0.3 is 5.32 Å². The number of aromatic nitrogens is 1. The van der Waals surface area contributed by atoms with Crippen LogP contribution in [0.15, 0.2) is 0 Å². The van der Waals surface area contributed by atoms with Gasteiger partial charge in [-0.2, -0.15) is 0 Å². The summed E-state index contributed by atoms with van der Waals surface area (Å²) in [5.41, 5.74) is 1.61. The molecule has 1 aromatic rings. The normalized spacial score (nSPS) is 26.0. The first-order valence-corrected chi connectivity index (χ1v) is 9.23. The summed E-state index contributed by atoms with van der Waals surface area (Å²) in [6, 6.07) is 0.640. The van der Waals surface area contributed by atoms with Crippen molar-refractivity contribution in [2.24, 2.45) is 5.92 Å². The molecule has 0 amide bonds. The average molecular weight is 308 g/mol. The number of rotatable bonds is 3. The van der Waals surface area contributed by atoms with Gasteiger partial charge in [-0.15, -0.1) is 11.3 Å². The SMILES string of the molecule is Cc1nc(CN2CC3(CCCC3)NCC2C(C)C)sc1C. The van der Waals surface area contributed by atoms with Gasteiger partial charge in [-0.25, -0.2) is 4.98 Å². The summed E-state index contributed by atoms with van der Waals surface area (Å²) in [4.78, 5) is 8.85. The molecular weight excluding hydrogens is 278 g/mol. The van der Waals surface area contributed by atoms with Gasteiger partial charge in [0.1, 0.15) is 5.01 Å². The van der Waals surface area contributed by atoms with Crippen molar-refractivity contribution in [1.29, 1.82) is 0 Å². The second kappa shape index (κ2) is 5.98. The predicted octanol–water partition coefficient (Wildman–Crippen LogP) is 3.50. The van der Waals surface area contributed by atoms with Gasteiger partial charge in [-0.05, 0) is 32.6 Å². The number of nitrogens with one attached hydrogen (secondary N) is 1. The fourth-order valence-electron chi connectivity index (χ4n) is 4.01. The summed E-state index contributed by atoms with van der Waals surface area (Å²) in [6.45, 7) is 12.4. The number of piperazine rings is 1. The highest BCUT2D eigenvalue weighted by Gasteiger charge is 2.41. The van der Waals surface area contributed by atoms with E-state index in [1.54, 1.807) is 0 Å². The topological polar surface area (TPSA) is 28.2 Å². The van der Waals surface area contributed by atoms with Crippen LogP contribution in [0, 0.1) is 19.8 Å². The maximum absolute atomic E-state index is 4.77. The van der Waals surface area contributed by atoms with Gasteiger partial charge in [0.15, 0.2) is 0 Å². The monoisotopic (exact) mass is 307 g/mol. The molecule has 1 spiro atoms. The lowest BCUT2D eigenvalue weighted by Crippen LogP contribution is -2.63. The molecule has 4 heteroatoms. The van der Waals surface area contributed by atoms with Crippen LogP contribution in [0.5, 0.6) is 0 Å². The summed E-state index contributed by atoms with van der Waals surface area (Å²) >= 11 is 1.88. The second-order valence-electron chi connectivity index (χ2n) is 7.33. The number of aryl methyl sites for hydroxylation is 2. The van der Waals surface area contributed by atoms with Crippen molar-refractivity contribution in [1.82, 2.24) is 15.2 Å². The van der Waals surface area contributed by atoms with Crippen LogP contribution in [-0.4, -0.2) is 34.6 Å². The van der Waals surface area contributed by atoms with E-state index in [4.69, 9.17) is 4.98 Å². The van der Waals surface area contributed by atoms with E-state index in [2.05, 4.69) is 37.9 Å². The van der Waals surface area contributed by atoms with Crippen molar-refractivity contribution in [3.05, 3.63) is 15.6 Å².